The van der Waals surface area contributed by atoms with E-state index < -0.39 is 10.0 Å². The van der Waals surface area contributed by atoms with Crippen LogP contribution in [-0.2, 0) is 14.8 Å². The summed E-state index contributed by atoms with van der Waals surface area (Å²) in [4.78, 5) is 14.9. The highest BCUT2D eigenvalue weighted by atomic mass is 35.5. The second-order valence-electron chi connectivity index (χ2n) is 7.72. The second-order valence-corrected chi connectivity index (χ2v) is 9.87. The van der Waals surface area contributed by atoms with Gasteiger partial charge >= 0.3 is 0 Å². The van der Waals surface area contributed by atoms with Crippen molar-refractivity contribution in [3.8, 4) is 0 Å². The number of hydrogen-bond donors (Lipinski definition) is 2. The molecular formula is C18H29ClN4O3S. The van der Waals surface area contributed by atoms with E-state index in [0.717, 1.165) is 38.0 Å². The van der Waals surface area contributed by atoms with E-state index in [4.69, 9.17) is 0 Å². The van der Waals surface area contributed by atoms with E-state index in [2.05, 4.69) is 10.6 Å². The summed E-state index contributed by atoms with van der Waals surface area (Å²) in [5.41, 5.74) is 1.47. The molecule has 1 atom stereocenters. The monoisotopic (exact) mass is 416 g/mol. The fourth-order valence-electron chi connectivity index (χ4n) is 3.79. The van der Waals surface area contributed by atoms with Gasteiger partial charge in [-0.1, -0.05) is 0 Å². The molecule has 1 aliphatic carbocycles. The van der Waals surface area contributed by atoms with Gasteiger partial charge in [-0.3, -0.25) is 4.79 Å². The van der Waals surface area contributed by atoms with Gasteiger partial charge in [0.05, 0.1) is 16.3 Å². The minimum atomic E-state index is -3.55. The van der Waals surface area contributed by atoms with Crippen LogP contribution < -0.4 is 15.5 Å². The van der Waals surface area contributed by atoms with Gasteiger partial charge < -0.3 is 15.5 Å². The van der Waals surface area contributed by atoms with Crippen LogP contribution in [0.15, 0.2) is 23.1 Å². The number of hydrogen-bond acceptors (Lipinski definition) is 5. The molecular weight excluding hydrogens is 388 g/mol. The molecule has 0 bridgehead atoms. The van der Waals surface area contributed by atoms with Crippen molar-refractivity contribution in [3.05, 3.63) is 18.2 Å². The molecule has 2 aliphatic rings. The van der Waals surface area contributed by atoms with Gasteiger partial charge in [-0.2, -0.15) is 0 Å². The number of carbonyl (C=O) groups is 1. The Morgan fingerprint density at radius 3 is 2.37 bits per heavy atom. The average Bonchev–Trinajstić information content (AvgIpc) is 3.28. The summed E-state index contributed by atoms with van der Waals surface area (Å²) < 4.78 is 26.0. The number of amides is 1. The van der Waals surface area contributed by atoms with E-state index in [0.29, 0.717) is 5.69 Å². The number of sulfonamides is 1. The van der Waals surface area contributed by atoms with Gasteiger partial charge in [0.1, 0.15) is 0 Å². The molecule has 1 unspecified atom stereocenters. The first kappa shape index (κ1) is 21.9. The van der Waals surface area contributed by atoms with Crippen molar-refractivity contribution in [2.75, 3.05) is 51.5 Å². The van der Waals surface area contributed by atoms with Crippen LogP contribution in [0.4, 0.5) is 11.4 Å². The van der Waals surface area contributed by atoms with Crippen LogP contribution in [0.2, 0.25) is 0 Å². The van der Waals surface area contributed by atoms with Gasteiger partial charge in [0.2, 0.25) is 15.9 Å². The number of rotatable bonds is 5. The van der Waals surface area contributed by atoms with E-state index in [-0.39, 0.29) is 34.5 Å². The van der Waals surface area contributed by atoms with Crippen LogP contribution in [0.25, 0.3) is 0 Å². The Hall–Kier alpha value is -1.35. The van der Waals surface area contributed by atoms with E-state index in [1.54, 1.807) is 18.2 Å². The molecule has 152 valence electrons. The van der Waals surface area contributed by atoms with E-state index in [1.807, 2.05) is 19.0 Å². The predicted molar refractivity (Wildman–Crippen MR) is 110 cm³/mol. The number of piperidine rings is 1. The highest BCUT2D eigenvalue weighted by Crippen LogP contribution is 2.58. The van der Waals surface area contributed by atoms with Crippen molar-refractivity contribution in [1.29, 1.82) is 0 Å². The topological polar surface area (TPSA) is 81.8 Å². The third-order valence-corrected chi connectivity index (χ3v) is 7.40. The molecule has 1 heterocycles. The van der Waals surface area contributed by atoms with Crippen molar-refractivity contribution in [3.63, 3.8) is 0 Å². The van der Waals surface area contributed by atoms with Gasteiger partial charge in [0, 0.05) is 34.1 Å². The zero-order chi connectivity index (χ0) is 19.1. The maximum absolute atomic E-state index is 12.8. The molecule has 2 N–H and O–H groups in total. The summed E-state index contributed by atoms with van der Waals surface area (Å²) in [6, 6.07) is 4.87. The van der Waals surface area contributed by atoms with E-state index in [1.165, 1.54) is 18.4 Å². The molecule has 1 saturated carbocycles. The van der Waals surface area contributed by atoms with Crippen LogP contribution >= 0.6 is 12.4 Å². The molecule has 1 amide bonds. The molecule has 7 nitrogen and oxygen atoms in total. The Bertz CT molecular complexity index is 805. The maximum Gasteiger partial charge on any atom is 0.242 e. The van der Waals surface area contributed by atoms with Gasteiger partial charge in [-0.25, -0.2) is 12.7 Å². The highest BCUT2D eigenvalue weighted by molar-refractivity contribution is 7.89. The lowest BCUT2D eigenvalue weighted by atomic mass is 9.92. The van der Waals surface area contributed by atoms with Crippen molar-refractivity contribution >= 4 is 39.7 Å². The molecule has 1 aromatic rings. The molecule has 0 radical (unpaired) electrons. The van der Waals surface area contributed by atoms with Crippen LogP contribution in [0.5, 0.6) is 0 Å². The third kappa shape index (κ3) is 4.23. The summed E-state index contributed by atoms with van der Waals surface area (Å²) in [5.74, 6) is 0.0168. The van der Waals surface area contributed by atoms with Gasteiger partial charge in [0.15, 0.2) is 0 Å². The number of halogens is 1. The zero-order valence-electron chi connectivity index (χ0n) is 16.3. The summed E-state index contributed by atoms with van der Waals surface area (Å²) in [6.45, 7) is 1.92. The largest absolute Gasteiger partial charge is 0.376 e. The first-order chi connectivity index (χ1) is 12.2. The van der Waals surface area contributed by atoms with Crippen molar-refractivity contribution < 1.29 is 13.2 Å². The number of carbonyl (C=O) groups excluding carboxylic acids is 1. The Labute approximate surface area is 167 Å². The standard InChI is InChI=1S/C18H28N4O3S.ClH/c1-21(2)16-6-5-13(26(24,25)22(3)4)11-15(16)20-17(23)14-12-18(14)7-9-19-10-8-18;/h5-6,11,14,19H,7-10,12H2,1-4H3,(H,20,23);1H. The van der Waals surface area contributed by atoms with Crippen LogP contribution in [0.3, 0.4) is 0 Å². The average molecular weight is 417 g/mol. The quantitative estimate of drug-likeness (QED) is 0.764. The van der Waals surface area contributed by atoms with Crippen molar-refractivity contribution in [2.45, 2.75) is 24.2 Å². The number of anilines is 2. The minimum absolute atomic E-state index is 0. The molecule has 2 fully saturated rings. The Morgan fingerprint density at radius 2 is 1.81 bits per heavy atom. The molecule has 1 saturated heterocycles. The fourth-order valence-corrected chi connectivity index (χ4v) is 4.72. The van der Waals surface area contributed by atoms with Crippen LogP contribution in [0.1, 0.15) is 19.3 Å². The minimum Gasteiger partial charge on any atom is -0.376 e. The number of nitrogens with zero attached hydrogens (tertiary/aromatic N) is 2. The summed E-state index contributed by atoms with van der Waals surface area (Å²) in [5, 5.41) is 6.33. The lowest BCUT2D eigenvalue weighted by Gasteiger charge is -2.24. The lowest BCUT2D eigenvalue weighted by molar-refractivity contribution is -0.118. The van der Waals surface area contributed by atoms with Gasteiger partial charge in [-0.15, -0.1) is 12.4 Å². The van der Waals surface area contributed by atoms with Gasteiger partial charge in [-0.05, 0) is 56.0 Å². The first-order valence-corrected chi connectivity index (χ1v) is 10.4. The molecule has 1 aromatic carbocycles. The summed E-state index contributed by atoms with van der Waals surface area (Å²) in [6.07, 6.45) is 2.98. The van der Waals surface area contributed by atoms with Gasteiger partial charge in [0.25, 0.3) is 0 Å². The molecule has 1 spiro atoms. The summed E-state index contributed by atoms with van der Waals surface area (Å²) >= 11 is 0. The lowest BCUT2D eigenvalue weighted by Crippen LogP contribution is -2.31. The van der Waals surface area contributed by atoms with Crippen molar-refractivity contribution in [1.82, 2.24) is 9.62 Å². The third-order valence-electron chi connectivity index (χ3n) is 5.59. The van der Waals surface area contributed by atoms with E-state index in [9.17, 15) is 13.2 Å². The highest BCUT2D eigenvalue weighted by Gasteiger charge is 2.57. The van der Waals surface area contributed by atoms with Crippen LogP contribution in [0, 0.1) is 11.3 Å². The molecule has 0 aromatic heterocycles. The fraction of sp³-hybridized carbons (Fsp3) is 0.611. The van der Waals surface area contributed by atoms with Crippen molar-refractivity contribution in [2.24, 2.45) is 11.3 Å². The normalized spacial score (nSPS) is 20.9. The molecule has 3 rings (SSSR count). The zero-order valence-corrected chi connectivity index (χ0v) is 17.9. The molecule has 9 heteroatoms. The Balaban J connectivity index is 0.00000261. The predicted octanol–water partition coefficient (Wildman–Crippen LogP) is 1.75. The smallest absolute Gasteiger partial charge is 0.242 e. The van der Waals surface area contributed by atoms with E-state index >= 15 is 0 Å². The molecule has 27 heavy (non-hydrogen) atoms. The first-order valence-electron chi connectivity index (χ1n) is 8.93. The molecule has 1 aliphatic heterocycles. The van der Waals surface area contributed by atoms with Crippen LogP contribution in [-0.4, -0.2) is 59.9 Å². The number of benzene rings is 1. The number of nitrogens with one attached hydrogen (secondary N) is 2. The second kappa shape index (κ2) is 7.95. The Morgan fingerprint density at radius 1 is 1.19 bits per heavy atom. The SMILES string of the molecule is CN(C)c1ccc(S(=O)(=O)N(C)C)cc1NC(=O)C1CC12CCNCC2.Cl. The maximum atomic E-state index is 12.8. The summed E-state index contributed by atoms with van der Waals surface area (Å²) in [7, 11) is 3.19. The Kier molecular flexibility index (Phi) is 6.46.